The van der Waals surface area contributed by atoms with E-state index in [2.05, 4.69) is 27.3 Å². The molecule has 0 aliphatic rings. The first-order valence-corrected chi connectivity index (χ1v) is 8.77. The first-order chi connectivity index (χ1) is 9.77. The average Bonchev–Trinajstić information content (AvgIpc) is 2.42. The highest BCUT2D eigenvalue weighted by atomic mass is 79.9. The highest BCUT2D eigenvalue weighted by Gasteiger charge is 2.11. The van der Waals surface area contributed by atoms with Gasteiger partial charge in [0.25, 0.3) is 0 Å². The van der Waals surface area contributed by atoms with E-state index in [4.69, 9.17) is 5.14 Å². The molecule has 0 amide bonds. The Balaban J connectivity index is 2.20. The molecule has 1 unspecified atom stereocenters. The van der Waals surface area contributed by atoms with E-state index in [1.807, 2.05) is 26.0 Å². The number of anilines is 1. The Morgan fingerprint density at radius 1 is 1.14 bits per heavy atom. The summed E-state index contributed by atoms with van der Waals surface area (Å²) in [6.45, 7) is 4.05. The fourth-order valence-electron chi connectivity index (χ4n) is 2.01. The standard InChI is InChI=1S/C15H17BrN2O2S/c1-10-3-8-14(16)15(9-10)18-11(2)12-4-6-13(7-5-12)21(17,19)20/h3-9,11,18H,1-2H3,(H2,17,19,20). The Kier molecular flexibility index (Phi) is 4.70. The normalized spacial score (nSPS) is 13.0. The zero-order valence-corrected chi connectivity index (χ0v) is 14.2. The minimum absolute atomic E-state index is 0.0395. The van der Waals surface area contributed by atoms with Crippen molar-refractivity contribution >= 4 is 31.6 Å². The molecule has 0 aromatic heterocycles. The van der Waals surface area contributed by atoms with Gasteiger partial charge >= 0.3 is 0 Å². The molecule has 0 fully saturated rings. The van der Waals surface area contributed by atoms with Gasteiger partial charge in [0.2, 0.25) is 10.0 Å². The topological polar surface area (TPSA) is 72.2 Å². The molecule has 2 aromatic rings. The third kappa shape index (κ3) is 4.06. The summed E-state index contributed by atoms with van der Waals surface area (Å²) in [4.78, 5) is 0.121. The van der Waals surface area contributed by atoms with E-state index in [-0.39, 0.29) is 10.9 Å². The number of sulfonamides is 1. The van der Waals surface area contributed by atoms with Crippen LogP contribution in [-0.4, -0.2) is 8.42 Å². The van der Waals surface area contributed by atoms with E-state index in [1.165, 1.54) is 12.1 Å². The number of aryl methyl sites for hydroxylation is 1. The van der Waals surface area contributed by atoms with Crippen LogP contribution in [0.15, 0.2) is 51.8 Å². The number of primary sulfonamides is 1. The van der Waals surface area contributed by atoms with Crippen molar-refractivity contribution in [3.8, 4) is 0 Å². The molecule has 0 heterocycles. The maximum atomic E-state index is 11.2. The number of nitrogens with two attached hydrogens (primary N) is 1. The van der Waals surface area contributed by atoms with E-state index >= 15 is 0 Å². The molecule has 2 aromatic carbocycles. The lowest BCUT2D eigenvalue weighted by atomic mass is 10.1. The molecule has 6 heteroatoms. The molecule has 0 aliphatic carbocycles. The average molecular weight is 369 g/mol. The lowest BCUT2D eigenvalue weighted by Crippen LogP contribution is -2.12. The van der Waals surface area contributed by atoms with Crippen LogP contribution < -0.4 is 10.5 Å². The molecule has 1 atom stereocenters. The third-order valence-corrected chi connectivity index (χ3v) is 4.82. The maximum Gasteiger partial charge on any atom is 0.238 e. The van der Waals surface area contributed by atoms with Crippen molar-refractivity contribution in [1.82, 2.24) is 0 Å². The lowest BCUT2D eigenvalue weighted by Gasteiger charge is -2.17. The van der Waals surface area contributed by atoms with Crippen LogP contribution in [0.25, 0.3) is 0 Å². The Morgan fingerprint density at radius 2 is 1.76 bits per heavy atom. The predicted molar refractivity (Wildman–Crippen MR) is 88.7 cm³/mol. The molecule has 0 bridgehead atoms. The summed E-state index contributed by atoms with van der Waals surface area (Å²) in [5.41, 5.74) is 3.14. The summed E-state index contributed by atoms with van der Waals surface area (Å²) in [7, 11) is -3.64. The van der Waals surface area contributed by atoms with Gasteiger partial charge in [0.15, 0.2) is 0 Å². The Hall–Kier alpha value is -1.37. The number of halogens is 1. The zero-order chi connectivity index (χ0) is 15.6. The number of nitrogens with one attached hydrogen (secondary N) is 1. The Bertz CT molecular complexity index is 743. The van der Waals surface area contributed by atoms with Gasteiger partial charge in [-0.1, -0.05) is 18.2 Å². The van der Waals surface area contributed by atoms with E-state index in [0.717, 1.165) is 21.3 Å². The van der Waals surface area contributed by atoms with Crippen LogP contribution in [0.1, 0.15) is 24.1 Å². The third-order valence-electron chi connectivity index (χ3n) is 3.20. The van der Waals surface area contributed by atoms with Crippen molar-refractivity contribution in [3.63, 3.8) is 0 Å². The van der Waals surface area contributed by atoms with Crippen molar-refractivity contribution < 1.29 is 8.42 Å². The molecule has 2 rings (SSSR count). The quantitative estimate of drug-likeness (QED) is 0.865. The summed E-state index contributed by atoms with van der Waals surface area (Å²) in [6, 6.07) is 12.7. The van der Waals surface area contributed by atoms with Crippen LogP contribution in [-0.2, 0) is 10.0 Å². The molecule has 0 radical (unpaired) electrons. The van der Waals surface area contributed by atoms with E-state index in [0.29, 0.717) is 0 Å². The minimum Gasteiger partial charge on any atom is -0.378 e. The molecular formula is C15H17BrN2O2S. The largest absolute Gasteiger partial charge is 0.378 e. The second-order valence-corrected chi connectivity index (χ2v) is 7.38. The van der Waals surface area contributed by atoms with E-state index in [1.54, 1.807) is 12.1 Å². The number of hydrogen-bond acceptors (Lipinski definition) is 3. The summed E-state index contributed by atoms with van der Waals surface area (Å²) >= 11 is 3.51. The summed E-state index contributed by atoms with van der Waals surface area (Å²) in [6.07, 6.45) is 0. The Labute approximate surface area is 133 Å². The first kappa shape index (κ1) is 16.0. The molecule has 112 valence electrons. The summed E-state index contributed by atoms with van der Waals surface area (Å²) < 4.78 is 23.5. The van der Waals surface area contributed by atoms with Gasteiger partial charge in [0, 0.05) is 16.2 Å². The molecule has 0 spiro atoms. The number of rotatable bonds is 4. The number of hydrogen-bond donors (Lipinski definition) is 2. The van der Waals surface area contributed by atoms with Gasteiger partial charge in [0.1, 0.15) is 0 Å². The van der Waals surface area contributed by atoms with Gasteiger partial charge in [-0.3, -0.25) is 0 Å². The van der Waals surface area contributed by atoms with Crippen LogP contribution in [0.4, 0.5) is 5.69 Å². The minimum atomic E-state index is -3.64. The highest BCUT2D eigenvalue weighted by molar-refractivity contribution is 9.10. The second kappa shape index (κ2) is 6.17. The molecule has 4 nitrogen and oxygen atoms in total. The van der Waals surface area contributed by atoms with Gasteiger partial charge in [-0.25, -0.2) is 13.6 Å². The molecular weight excluding hydrogens is 352 g/mol. The SMILES string of the molecule is Cc1ccc(Br)c(NC(C)c2ccc(S(N)(=O)=O)cc2)c1. The van der Waals surface area contributed by atoms with Crippen molar-refractivity contribution in [2.75, 3.05) is 5.32 Å². The fraction of sp³-hybridized carbons (Fsp3) is 0.200. The second-order valence-electron chi connectivity index (χ2n) is 4.96. The molecule has 3 N–H and O–H groups in total. The molecule has 0 aliphatic heterocycles. The van der Waals surface area contributed by atoms with Gasteiger partial charge < -0.3 is 5.32 Å². The Morgan fingerprint density at radius 3 is 2.33 bits per heavy atom. The van der Waals surface area contributed by atoms with Crippen molar-refractivity contribution in [2.45, 2.75) is 24.8 Å². The highest BCUT2D eigenvalue weighted by Crippen LogP contribution is 2.27. The smallest absolute Gasteiger partial charge is 0.238 e. The fourth-order valence-corrected chi connectivity index (χ4v) is 2.89. The van der Waals surface area contributed by atoms with Crippen molar-refractivity contribution in [3.05, 3.63) is 58.1 Å². The number of benzene rings is 2. The van der Waals surface area contributed by atoms with Gasteiger partial charge in [0.05, 0.1) is 4.90 Å². The van der Waals surface area contributed by atoms with E-state index < -0.39 is 10.0 Å². The van der Waals surface area contributed by atoms with Crippen molar-refractivity contribution in [2.24, 2.45) is 5.14 Å². The predicted octanol–water partition coefficient (Wildman–Crippen LogP) is 3.58. The monoisotopic (exact) mass is 368 g/mol. The lowest BCUT2D eigenvalue weighted by molar-refractivity contribution is 0.597. The summed E-state index contributed by atoms with van der Waals surface area (Å²) in [5, 5.41) is 8.49. The van der Waals surface area contributed by atoms with Gasteiger partial charge in [-0.15, -0.1) is 0 Å². The summed E-state index contributed by atoms with van der Waals surface area (Å²) in [5.74, 6) is 0. The van der Waals surface area contributed by atoms with Gasteiger partial charge in [-0.05, 0) is 65.2 Å². The van der Waals surface area contributed by atoms with Crippen LogP contribution in [0, 0.1) is 6.92 Å². The molecule has 0 saturated carbocycles. The molecule has 0 saturated heterocycles. The first-order valence-electron chi connectivity index (χ1n) is 6.43. The van der Waals surface area contributed by atoms with Crippen LogP contribution in [0.5, 0.6) is 0 Å². The van der Waals surface area contributed by atoms with Crippen LogP contribution in [0.2, 0.25) is 0 Å². The molecule has 21 heavy (non-hydrogen) atoms. The maximum absolute atomic E-state index is 11.2. The van der Waals surface area contributed by atoms with Crippen LogP contribution in [0.3, 0.4) is 0 Å². The zero-order valence-electron chi connectivity index (χ0n) is 11.8. The van der Waals surface area contributed by atoms with E-state index in [9.17, 15) is 8.42 Å². The van der Waals surface area contributed by atoms with Gasteiger partial charge in [-0.2, -0.15) is 0 Å². The van der Waals surface area contributed by atoms with Crippen molar-refractivity contribution in [1.29, 1.82) is 0 Å². The van der Waals surface area contributed by atoms with Crippen LogP contribution >= 0.6 is 15.9 Å².